The second-order valence-corrected chi connectivity index (χ2v) is 16.2. The van der Waals surface area contributed by atoms with Crippen molar-refractivity contribution in [3.05, 3.63) is 35.9 Å². The van der Waals surface area contributed by atoms with Gasteiger partial charge in [-0.2, -0.15) is 0 Å². The molecule has 4 saturated heterocycles. The van der Waals surface area contributed by atoms with Crippen molar-refractivity contribution < 1.29 is 48.3 Å². The van der Waals surface area contributed by atoms with Gasteiger partial charge in [0.05, 0.1) is 19.0 Å². The van der Waals surface area contributed by atoms with Crippen molar-refractivity contribution in [2.24, 2.45) is 11.7 Å². The Bertz CT molecular complexity index is 1770. The maximum atomic E-state index is 14.0. The van der Waals surface area contributed by atoms with Gasteiger partial charge in [0.15, 0.2) is 0 Å². The molecule has 4 aliphatic heterocycles. The van der Waals surface area contributed by atoms with E-state index in [9.17, 15) is 48.3 Å². The van der Waals surface area contributed by atoms with Crippen LogP contribution in [0.15, 0.2) is 30.3 Å². The molecule has 8 N–H and O–H groups in total. The predicted octanol–water partition coefficient (Wildman–Crippen LogP) is -1.47. The Kier molecular flexibility index (Phi) is 16.0. The average molecular weight is 838 g/mol. The minimum atomic E-state index is -1.57. The number of hydrogen-bond donors (Lipinski definition) is 7. The fraction of sp³-hybridized carbons (Fsp3) is 0.634. The van der Waals surface area contributed by atoms with E-state index in [1.165, 1.54) is 14.7 Å². The first kappa shape index (κ1) is 45.5. The number of benzene rings is 1. The van der Waals surface area contributed by atoms with Crippen LogP contribution in [-0.4, -0.2) is 148 Å². The molecule has 0 unspecified atom stereocenters. The maximum Gasteiger partial charge on any atom is 0.326 e. The van der Waals surface area contributed by atoms with Gasteiger partial charge in [0, 0.05) is 26.1 Å². The topological polar surface area (TPSA) is 270 Å². The number of amides is 8. The summed E-state index contributed by atoms with van der Waals surface area (Å²) in [5.41, 5.74) is 6.00. The highest BCUT2D eigenvalue weighted by molar-refractivity contribution is 5.98. The van der Waals surface area contributed by atoms with Gasteiger partial charge in [0.25, 0.3) is 0 Å². The lowest BCUT2D eigenvalue weighted by molar-refractivity contribution is -0.146. The Morgan fingerprint density at radius 2 is 1.30 bits per heavy atom. The van der Waals surface area contributed by atoms with Gasteiger partial charge in [-0.25, -0.2) is 4.79 Å². The fourth-order valence-corrected chi connectivity index (χ4v) is 8.54. The summed E-state index contributed by atoms with van der Waals surface area (Å²) in [5.74, 6) is -6.28. The van der Waals surface area contributed by atoms with Crippen LogP contribution < -0.4 is 32.3 Å². The van der Waals surface area contributed by atoms with E-state index in [1.54, 1.807) is 6.92 Å². The van der Waals surface area contributed by atoms with E-state index in [1.807, 2.05) is 37.3 Å². The van der Waals surface area contributed by atoms with Gasteiger partial charge >= 0.3 is 5.97 Å². The predicted molar refractivity (Wildman–Crippen MR) is 215 cm³/mol. The van der Waals surface area contributed by atoms with Crippen LogP contribution in [0.2, 0.25) is 0 Å². The molecule has 4 heterocycles. The van der Waals surface area contributed by atoms with Crippen molar-refractivity contribution in [2.75, 3.05) is 32.7 Å². The molecule has 60 heavy (non-hydrogen) atoms. The minimum absolute atomic E-state index is 0.186. The molecule has 0 bridgehead atoms. The molecule has 4 fully saturated rings. The van der Waals surface area contributed by atoms with Gasteiger partial charge in [0.2, 0.25) is 47.3 Å². The molecule has 4 aliphatic rings. The first-order valence-electron chi connectivity index (χ1n) is 21.1. The monoisotopic (exact) mass is 837 g/mol. The number of carbonyl (C=O) groups excluding carboxylic acids is 8. The molecule has 8 atom stereocenters. The molecule has 19 heteroatoms. The zero-order valence-electron chi connectivity index (χ0n) is 34.4. The van der Waals surface area contributed by atoms with E-state index in [0.29, 0.717) is 58.0 Å². The molecule has 0 aliphatic carbocycles. The number of rotatable bonds is 18. The summed E-state index contributed by atoms with van der Waals surface area (Å²) in [6, 6.07) is 2.54. The number of carbonyl (C=O) groups is 9. The van der Waals surface area contributed by atoms with Crippen molar-refractivity contribution in [3.8, 4) is 0 Å². The molecule has 5 rings (SSSR count). The van der Waals surface area contributed by atoms with Crippen LogP contribution in [0, 0.1) is 5.92 Å². The number of aliphatic carboxylic acids is 1. The molecule has 1 aromatic rings. The van der Waals surface area contributed by atoms with Crippen LogP contribution in [0.4, 0.5) is 0 Å². The van der Waals surface area contributed by atoms with Crippen molar-refractivity contribution in [2.45, 2.75) is 127 Å². The number of primary amides is 1. The Morgan fingerprint density at radius 3 is 1.88 bits per heavy atom. The number of nitrogens with zero attached hydrogens (tertiary/aromatic N) is 3. The van der Waals surface area contributed by atoms with Crippen molar-refractivity contribution in [3.63, 3.8) is 0 Å². The number of hydrogen-bond acceptors (Lipinski definition) is 10. The summed E-state index contributed by atoms with van der Waals surface area (Å²) in [4.78, 5) is 123. The summed E-state index contributed by atoms with van der Waals surface area (Å²) in [6.07, 6.45) is 4.05. The van der Waals surface area contributed by atoms with Crippen molar-refractivity contribution in [1.29, 1.82) is 0 Å². The Balaban J connectivity index is 1.19. The summed E-state index contributed by atoms with van der Waals surface area (Å²) in [6.45, 7) is 4.63. The molecule has 1 aromatic carbocycles. The zero-order valence-corrected chi connectivity index (χ0v) is 34.4. The molecule has 0 saturated carbocycles. The third-order valence-electron chi connectivity index (χ3n) is 12.0. The van der Waals surface area contributed by atoms with Crippen LogP contribution in [0.1, 0.15) is 83.6 Å². The van der Waals surface area contributed by atoms with Gasteiger partial charge in [-0.3, -0.25) is 38.4 Å². The third kappa shape index (κ3) is 11.4. The Hall–Kier alpha value is -5.59. The third-order valence-corrected chi connectivity index (χ3v) is 12.0. The second-order valence-electron chi connectivity index (χ2n) is 16.2. The molecule has 0 radical (unpaired) electrons. The molecule has 0 spiro atoms. The van der Waals surface area contributed by atoms with E-state index in [2.05, 4.69) is 26.6 Å². The number of nitrogens with one attached hydrogen (secondary N) is 5. The van der Waals surface area contributed by atoms with Gasteiger partial charge in [-0.05, 0) is 69.4 Å². The lowest BCUT2D eigenvalue weighted by Gasteiger charge is -2.33. The smallest absolute Gasteiger partial charge is 0.326 e. The second kappa shape index (κ2) is 21.1. The van der Waals surface area contributed by atoms with Gasteiger partial charge < -0.3 is 52.1 Å². The van der Waals surface area contributed by atoms with Crippen LogP contribution >= 0.6 is 0 Å². The highest BCUT2D eigenvalue weighted by atomic mass is 16.4. The maximum absolute atomic E-state index is 14.0. The summed E-state index contributed by atoms with van der Waals surface area (Å²) in [5, 5.41) is 23.3. The minimum Gasteiger partial charge on any atom is -0.480 e. The first-order chi connectivity index (χ1) is 28.7. The van der Waals surface area contributed by atoms with Gasteiger partial charge in [-0.15, -0.1) is 0 Å². The molecule has 0 aromatic heterocycles. The Morgan fingerprint density at radius 1 is 0.733 bits per heavy atom. The fourth-order valence-electron chi connectivity index (χ4n) is 8.54. The molecular formula is C41H59N9O10. The normalized spacial score (nSPS) is 23.3. The SMILES string of the molecule is CC[C@H](C)[C@H](NC(=O)[C@@H]1CCCN1C(=O)CNC(=O)[C@@H]1CCCN1C(=O)[C@H](Cc1ccccc1)NC(=O)[C@@H]1CCCN1)C(=O)N1CCC[C@H]1C(=O)N[C@@H](CC(N)=O)C(=O)O. The summed E-state index contributed by atoms with van der Waals surface area (Å²) < 4.78 is 0. The molecule has 19 nitrogen and oxygen atoms in total. The Labute approximate surface area is 349 Å². The van der Waals surface area contributed by atoms with E-state index < -0.39 is 96.7 Å². The van der Waals surface area contributed by atoms with Gasteiger partial charge in [0.1, 0.15) is 36.3 Å². The van der Waals surface area contributed by atoms with E-state index in [-0.39, 0.29) is 43.7 Å². The van der Waals surface area contributed by atoms with Crippen LogP contribution in [0.25, 0.3) is 0 Å². The van der Waals surface area contributed by atoms with Crippen LogP contribution in [-0.2, 0) is 49.6 Å². The number of carboxylic acids is 1. The summed E-state index contributed by atoms with van der Waals surface area (Å²) >= 11 is 0. The lowest BCUT2D eigenvalue weighted by Crippen LogP contribution is -2.59. The molecule has 328 valence electrons. The highest BCUT2D eigenvalue weighted by Gasteiger charge is 2.43. The zero-order chi connectivity index (χ0) is 43.5. The van der Waals surface area contributed by atoms with Crippen LogP contribution in [0.5, 0.6) is 0 Å². The van der Waals surface area contributed by atoms with Gasteiger partial charge in [-0.1, -0.05) is 50.6 Å². The summed E-state index contributed by atoms with van der Waals surface area (Å²) in [7, 11) is 0. The lowest BCUT2D eigenvalue weighted by atomic mass is 9.96. The van der Waals surface area contributed by atoms with E-state index in [0.717, 1.165) is 12.0 Å². The quantitative estimate of drug-likeness (QED) is 0.0898. The van der Waals surface area contributed by atoms with Crippen molar-refractivity contribution in [1.82, 2.24) is 41.3 Å². The van der Waals surface area contributed by atoms with E-state index >= 15 is 0 Å². The largest absolute Gasteiger partial charge is 0.480 e. The average Bonchev–Trinajstić information content (AvgIpc) is 4.08. The number of nitrogens with two attached hydrogens (primary N) is 1. The first-order valence-corrected chi connectivity index (χ1v) is 21.1. The number of likely N-dealkylation sites (tertiary alicyclic amines) is 3. The number of carboxylic acid groups (broad SMARTS) is 1. The highest BCUT2D eigenvalue weighted by Crippen LogP contribution is 2.24. The van der Waals surface area contributed by atoms with Crippen molar-refractivity contribution >= 4 is 53.2 Å². The van der Waals surface area contributed by atoms with Crippen LogP contribution in [0.3, 0.4) is 0 Å². The molecular weight excluding hydrogens is 779 g/mol. The molecule has 8 amide bonds. The standard InChI is InChI=1S/C41H59N9O10/c1-3-24(2)34(40(58)50-20-10-16-31(50)37(55)46-28(41(59)60)22-32(42)51)47-38(56)30-15-8-18-48(30)33(52)23-44-36(54)29-14-9-19-49(29)39(57)27(21-25-11-5-4-6-12-25)45-35(53)26-13-7-17-43-26/h4-6,11-12,24,26-31,34,43H,3,7-10,13-23H2,1-2H3,(H2,42,51)(H,44,54)(H,45,53)(H,46,55)(H,47,56)(H,59,60)/t24-,26-,27-,28-,29-,30-,31-,34-/m0/s1. The van der Waals surface area contributed by atoms with E-state index in [4.69, 9.17) is 5.73 Å².